The Morgan fingerprint density at radius 2 is 1.92 bits per heavy atom. The Hall–Kier alpha value is -2.89. The predicted octanol–water partition coefficient (Wildman–Crippen LogP) is 3.35. The van der Waals surface area contributed by atoms with Gasteiger partial charge in [-0.05, 0) is 45.0 Å². The van der Waals surface area contributed by atoms with Crippen molar-refractivity contribution in [2.75, 3.05) is 11.9 Å². The molecule has 0 saturated heterocycles. The minimum atomic E-state index is -0.858. The van der Waals surface area contributed by atoms with Crippen LogP contribution in [0.4, 0.5) is 10.1 Å². The van der Waals surface area contributed by atoms with Crippen molar-refractivity contribution in [3.05, 3.63) is 59.4 Å². The fraction of sp³-hybridized carbons (Fsp3) is 0.263. The first-order chi connectivity index (χ1) is 11.9. The van der Waals surface area contributed by atoms with E-state index in [9.17, 15) is 14.0 Å². The molecule has 6 heteroatoms. The fourth-order valence-electron chi connectivity index (χ4n) is 2.39. The SMILES string of the molecule is CCOc1ccc(C)cc1C(C)NC(=O)C(=O)Nc1cccc(F)c1. The second-order valence-electron chi connectivity index (χ2n) is 5.63. The van der Waals surface area contributed by atoms with E-state index in [-0.39, 0.29) is 5.69 Å². The zero-order valence-corrected chi connectivity index (χ0v) is 14.4. The zero-order valence-electron chi connectivity index (χ0n) is 14.4. The molecule has 5 nitrogen and oxygen atoms in total. The average molecular weight is 344 g/mol. The lowest BCUT2D eigenvalue weighted by Gasteiger charge is -2.18. The summed E-state index contributed by atoms with van der Waals surface area (Å²) in [7, 11) is 0. The van der Waals surface area contributed by atoms with Crippen LogP contribution >= 0.6 is 0 Å². The van der Waals surface area contributed by atoms with E-state index in [0.29, 0.717) is 12.4 Å². The van der Waals surface area contributed by atoms with Crippen LogP contribution in [0.5, 0.6) is 5.75 Å². The van der Waals surface area contributed by atoms with Crippen molar-refractivity contribution in [3.63, 3.8) is 0 Å². The lowest BCUT2D eigenvalue weighted by atomic mass is 10.0. The van der Waals surface area contributed by atoms with Crippen LogP contribution in [0.3, 0.4) is 0 Å². The van der Waals surface area contributed by atoms with E-state index < -0.39 is 23.7 Å². The van der Waals surface area contributed by atoms with Gasteiger partial charge in [-0.25, -0.2) is 4.39 Å². The number of hydrogen-bond acceptors (Lipinski definition) is 3. The Labute approximate surface area is 146 Å². The lowest BCUT2D eigenvalue weighted by Crippen LogP contribution is -2.37. The second kappa shape index (κ2) is 8.28. The van der Waals surface area contributed by atoms with Gasteiger partial charge in [0.25, 0.3) is 0 Å². The van der Waals surface area contributed by atoms with Gasteiger partial charge < -0.3 is 15.4 Å². The third-order valence-corrected chi connectivity index (χ3v) is 3.57. The van der Waals surface area contributed by atoms with E-state index >= 15 is 0 Å². The summed E-state index contributed by atoms with van der Waals surface area (Å²) < 4.78 is 18.7. The zero-order chi connectivity index (χ0) is 18.4. The number of amides is 2. The van der Waals surface area contributed by atoms with Crippen LogP contribution in [0.25, 0.3) is 0 Å². The van der Waals surface area contributed by atoms with E-state index in [2.05, 4.69) is 10.6 Å². The monoisotopic (exact) mass is 344 g/mol. The number of hydrogen-bond donors (Lipinski definition) is 2. The van der Waals surface area contributed by atoms with Crippen LogP contribution in [-0.2, 0) is 9.59 Å². The third-order valence-electron chi connectivity index (χ3n) is 3.57. The number of ether oxygens (including phenoxy) is 1. The average Bonchev–Trinajstić information content (AvgIpc) is 2.56. The summed E-state index contributed by atoms with van der Waals surface area (Å²) in [5.41, 5.74) is 2.02. The molecule has 2 amide bonds. The van der Waals surface area contributed by atoms with Gasteiger partial charge >= 0.3 is 11.8 Å². The van der Waals surface area contributed by atoms with Crippen molar-refractivity contribution in [1.29, 1.82) is 0 Å². The van der Waals surface area contributed by atoms with Gasteiger partial charge in [-0.1, -0.05) is 23.8 Å². The summed E-state index contributed by atoms with van der Waals surface area (Å²) in [6.45, 7) is 6.07. The fourth-order valence-corrected chi connectivity index (χ4v) is 2.39. The van der Waals surface area contributed by atoms with Crippen LogP contribution in [0.1, 0.15) is 31.0 Å². The molecule has 0 fully saturated rings. The van der Waals surface area contributed by atoms with Crippen molar-refractivity contribution in [1.82, 2.24) is 5.32 Å². The van der Waals surface area contributed by atoms with E-state index in [1.54, 1.807) is 6.92 Å². The Kier molecular flexibility index (Phi) is 6.11. The smallest absolute Gasteiger partial charge is 0.313 e. The molecule has 2 rings (SSSR count). The highest BCUT2D eigenvalue weighted by Crippen LogP contribution is 2.26. The van der Waals surface area contributed by atoms with Crippen LogP contribution < -0.4 is 15.4 Å². The maximum Gasteiger partial charge on any atom is 0.313 e. The van der Waals surface area contributed by atoms with Crippen molar-refractivity contribution < 1.29 is 18.7 Å². The highest BCUT2D eigenvalue weighted by atomic mass is 19.1. The Bertz CT molecular complexity index is 777. The maximum atomic E-state index is 13.1. The van der Waals surface area contributed by atoms with Gasteiger partial charge in [-0.2, -0.15) is 0 Å². The third kappa shape index (κ3) is 5.04. The molecule has 0 bridgehead atoms. The molecule has 1 atom stereocenters. The number of anilines is 1. The topological polar surface area (TPSA) is 67.4 Å². The molecule has 0 heterocycles. The molecule has 0 aromatic heterocycles. The summed E-state index contributed by atoms with van der Waals surface area (Å²) in [4.78, 5) is 24.1. The second-order valence-corrected chi connectivity index (χ2v) is 5.63. The van der Waals surface area contributed by atoms with Crippen molar-refractivity contribution in [3.8, 4) is 5.75 Å². The summed E-state index contributed by atoms with van der Waals surface area (Å²) in [5, 5.41) is 5.00. The summed E-state index contributed by atoms with van der Waals surface area (Å²) >= 11 is 0. The van der Waals surface area contributed by atoms with Crippen LogP contribution in [0.2, 0.25) is 0 Å². The van der Waals surface area contributed by atoms with Gasteiger partial charge in [0.05, 0.1) is 12.6 Å². The van der Waals surface area contributed by atoms with Crippen molar-refractivity contribution in [2.24, 2.45) is 0 Å². The number of nitrogens with one attached hydrogen (secondary N) is 2. The molecule has 2 aromatic carbocycles. The molecule has 0 aliphatic heterocycles. The molecule has 1 unspecified atom stereocenters. The first-order valence-electron chi connectivity index (χ1n) is 8.01. The number of benzene rings is 2. The minimum absolute atomic E-state index is 0.221. The molecular weight excluding hydrogens is 323 g/mol. The van der Waals surface area contributed by atoms with E-state index in [0.717, 1.165) is 17.2 Å². The first-order valence-corrected chi connectivity index (χ1v) is 8.01. The highest BCUT2D eigenvalue weighted by Gasteiger charge is 2.19. The van der Waals surface area contributed by atoms with E-state index in [4.69, 9.17) is 4.74 Å². The molecule has 0 aliphatic carbocycles. The van der Waals surface area contributed by atoms with Gasteiger partial charge in [0.1, 0.15) is 11.6 Å². The summed E-state index contributed by atoms with van der Waals surface area (Å²) in [6.07, 6.45) is 0. The quantitative estimate of drug-likeness (QED) is 0.818. The standard InChI is InChI=1S/C19H21FN2O3/c1-4-25-17-9-8-12(2)10-16(17)13(3)21-18(23)19(24)22-15-7-5-6-14(20)11-15/h5-11,13H,4H2,1-3H3,(H,21,23)(H,22,24). The highest BCUT2D eigenvalue weighted by molar-refractivity contribution is 6.39. The van der Waals surface area contributed by atoms with Crippen LogP contribution in [-0.4, -0.2) is 18.4 Å². The van der Waals surface area contributed by atoms with Gasteiger partial charge in [0.2, 0.25) is 0 Å². The van der Waals surface area contributed by atoms with Gasteiger partial charge in [0, 0.05) is 11.3 Å². The largest absolute Gasteiger partial charge is 0.494 e. The minimum Gasteiger partial charge on any atom is -0.494 e. The van der Waals surface area contributed by atoms with Gasteiger partial charge in [-0.3, -0.25) is 9.59 Å². The Balaban J connectivity index is 2.06. The summed E-state index contributed by atoms with van der Waals surface area (Å²) in [5.74, 6) is -1.50. The van der Waals surface area contributed by atoms with E-state index in [1.807, 2.05) is 32.0 Å². The molecule has 0 saturated carbocycles. The molecule has 2 N–H and O–H groups in total. The molecule has 0 aliphatic rings. The molecule has 2 aromatic rings. The van der Waals surface area contributed by atoms with Crippen molar-refractivity contribution >= 4 is 17.5 Å². The number of carbonyl (C=O) groups excluding carboxylic acids is 2. The number of aryl methyl sites for hydroxylation is 1. The molecule has 25 heavy (non-hydrogen) atoms. The normalized spacial score (nSPS) is 11.5. The Morgan fingerprint density at radius 3 is 2.60 bits per heavy atom. The predicted molar refractivity (Wildman–Crippen MR) is 93.9 cm³/mol. The van der Waals surface area contributed by atoms with E-state index in [1.165, 1.54) is 18.2 Å². The lowest BCUT2D eigenvalue weighted by molar-refractivity contribution is -0.136. The summed E-state index contributed by atoms with van der Waals surface area (Å²) in [6, 6.07) is 10.6. The molecule has 0 radical (unpaired) electrons. The van der Waals surface area contributed by atoms with Crippen LogP contribution in [0, 0.1) is 12.7 Å². The van der Waals surface area contributed by atoms with Crippen LogP contribution in [0.15, 0.2) is 42.5 Å². The van der Waals surface area contributed by atoms with Crippen molar-refractivity contribution in [2.45, 2.75) is 26.8 Å². The molecular formula is C19H21FN2O3. The maximum absolute atomic E-state index is 13.1. The molecule has 0 spiro atoms. The Morgan fingerprint density at radius 1 is 1.16 bits per heavy atom. The van der Waals surface area contributed by atoms with Gasteiger partial charge in [-0.15, -0.1) is 0 Å². The van der Waals surface area contributed by atoms with Gasteiger partial charge in [0.15, 0.2) is 0 Å². The number of carbonyl (C=O) groups is 2. The number of rotatable bonds is 5. The molecule has 132 valence electrons. The number of halogens is 1. The first kappa shape index (κ1) is 18.4.